The summed E-state index contributed by atoms with van der Waals surface area (Å²) in [4.78, 5) is 15.4. The van der Waals surface area contributed by atoms with Gasteiger partial charge < -0.3 is 10.8 Å². The Morgan fingerprint density at radius 2 is 1.96 bits per heavy atom. The van der Waals surface area contributed by atoms with Crippen molar-refractivity contribution in [3.05, 3.63) is 23.9 Å². The summed E-state index contributed by atoms with van der Waals surface area (Å²) >= 11 is 0. The fraction of sp³-hybridized carbons (Fsp3) is 0.714. The zero-order valence-electron chi connectivity index (χ0n) is 16.5. The van der Waals surface area contributed by atoms with Crippen molar-refractivity contribution in [2.75, 3.05) is 5.06 Å². The first-order valence-electron chi connectivity index (χ1n) is 10.0. The van der Waals surface area contributed by atoms with E-state index >= 15 is 0 Å². The summed E-state index contributed by atoms with van der Waals surface area (Å²) in [5, 5.41) is 23.6. The van der Waals surface area contributed by atoms with Crippen LogP contribution in [-0.4, -0.2) is 32.8 Å². The van der Waals surface area contributed by atoms with E-state index < -0.39 is 17.6 Å². The van der Waals surface area contributed by atoms with Crippen molar-refractivity contribution in [3.63, 3.8) is 0 Å². The number of amides is 1. The molecule has 1 aromatic heterocycles. The van der Waals surface area contributed by atoms with Gasteiger partial charge in [0.1, 0.15) is 0 Å². The van der Waals surface area contributed by atoms with Crippen LogP contribution in [0.3, 0.4) is 0 Å². The van der Waals surface area contributed by atoms with Gasteiger partial charge in [-0.1, -0.05) is 20.8 Å². The first-order chi connectivity index (χ1) is 12.6. The van der Waals surface area contributed by atoms with Gasteiger partial charge in [0.15, 0.2) is 5.82 Å². The molecule has 5 unspecified atom stereocenters. The average molecular weight is 373 g/mol. The molecule has 0 spiro atoms. The van der Waals surface area contributed by atoms with Crippen LogP contribution in [0.4, 0.5) is 5.82 Å². The van der Waals surface area contributed by atoms with Crippen LogP contribution in [0, 0.1) is 22.7 Å². The summed E-state index contributed by atoms with van der Waals surface area (Å²) in [5.74, 6) is 1.11. The number of aliphatic hydroxyl groups is 1. The van der Waals surface area contributed by atoms with Gasteiger partial charge in [0.2, 0.25) is 5.91 Å². The highest BCUT2D eigenvalue weighted by atomic mass is 16.5. The fourth-order valence-electron chi connectivity index (χ4n) is 6.36. The molecule has 6 nitrogen and oxygen atoms in total. The van der Waals surface area contributed by atoms with Crippen LogP contribution in [-0.2, 0) is 0 Å². The van der Waals surface area contributed by atoms with Crippen LogP contribution in [0.2, 0.25) is 0 Å². The third-order valence-electron chi connectivity index (χ3n) is 7.90. The van der Waals surface area contributed by atoms with Crippen molar-refractivity contribution in [1.82, 2.24) is 4.98 Å². The van der Waals surface area contributed by atoms with E-state index in [0.717, 1.165) is 30.7 Å². The molecule has 0 saturated heterocycles. The quantitative estimate of drug-likeness (QED) is 0.707. The van der Waals surface area contributed by atoms with Gasteiger partial charge in [0.05, 0.1) is 17.2 Å². The van der Waals surface area contributed by atoms with E-state index in [-0.39, 0.29) is 5.41 Å². The number of nitrogens with zero attached hydrogens (tertiary/aromatic N) is 2. The number of carbonyl (C=O) groups excluding carboxylic acids is 1. The lowest BCUT2D eigenvalue weighted by molar-refractivity contribution is -0.123. The molecule has 2 bridgehead atoms. The molecule has 1 heterocycles. The number of rotatable bonds is 3. The lowest BCUT2D eigenvalue weighted by Gasteiger charge is -2.59. The maximum Gasteiger partial charge on any atom is 0.250 e. The van der Waals surface area contributed by atoms with Gasteiger partial charge in [-0.15, -0.1) is 0 Å². The largest absolute Gasteiger partial charge is 0.388 e. The highest BCUT2D eigenvalue weighted by Gasteiger charge is 2.62. The van der Waals surface area contributed by atoms with E-state index in [1.807, 2.05) is 0 Å². The van der Waals surface area contributed by atoms with Gasteiger partial charge in [-0.05, 0) is 73.3 Å². The predicted octanol–water partition coefficient (Wildman–Crippen LogP) is 3.12. The molecule has 4 N–H and O–H groups in total. The molecule has 0 aromatic carbocycles. The van der Waals surface area contributed by atoms with Crippen LogP contribution >= 0.6 is 0 Å². The van der Waals surface area contributed by atoms with Crippen molar-refractivity contribution >= 4 is 11.7 Å². The zero-order chi connectivity index (χ0) is 19.6. The van der Waals surface area contributed by atoms with E-state index in [1.165, 1.54) is 12.6 Å². The van der Waals surface area contributed by atoms with E-state index in [1.54, 1.807) is 12.1 Å². The summed E-state index contributed by atoms with van der Waals surface area (Å²) in [7, 11) is 0. The minimum Gasteiger partial charge on any atom is -0.388 e. The van der Waals surface area contributed by atoms with Gasteiger partial charge in [0, 0.05) is 6.20 Å². The number of pyridine rings is 1. The molecule has 5 atom stereocenters. The summed E-state index contributed by atoms with van der Waals surface area (Å²) in [6, 6.07) is 2.75. The molecule has 0 radical (unpaired) electrons. The first-order valence-corrected chi connectivity index (χ1v) is 10.0. The minimum absolute atomic E-state index is 0.131. The molecule has 1 amide bonds. The predicted molar refractivity (Wildman–Crippen MR) is 102 cm³/mol. The SMILES string of the molecule is CC1(C)CC2C1CCC1(O)CC2(C)CCC1N(O)c1ccc(C(N)=O)cn1. The summed E-state index contributed by atoms with van der Waals surface area (Å²) < 4.78 is 0. The number of hydroxylamine groups is 1. The number of hydrogen-bond acceptors (Lipinski definition) is 5. The Balaban J connectivity index is 1.59. The molecule has 3 aliphatic carbocycles. The number of aromatic nitrogens is 1. The molecular formula is C21H31N3O3. The van der Waals surface area contributed by atoms with Crippen LogP contribution in [0.5, 0.6) is 0 Å². The number of fused-ring (bicyclic) bond motifs is 4. The fourth-order valence-corrected chi connectivity index (χ4v) is 6.36. The summed E-state index contributed by atoms with van der Waals surface area (Å²) in [5.41, 5.74) is 5.11. The van der Waals surface area contributed by atoms with Crippen molar-refractivity contribution in [3.8, 4) is 0 Å². The van der Waals surface area contributed by atoms with Crippen molar-refractivity contribution in [1.29, 1.82) is 0 Å². The highest BCUT2D eigenvalue weighted by molar-refractivity contribution is 5.92. The third-order valence-corrected chi connectivity index (χ3v) is 7.90. The van der Waals surface area contributed by atoms with E-state index in [2.05, 4.69) is 25.8 Å². The van der Waals surface area contributed by atoms with Crippen molar-refractivity contribution in [2.45, 2.75) is 70.9 Å². The standard InChI is InChI=1S/C21H31N3O3/c1-19(2)10-15-14(19)6-9-21(26)12-20(15,3)8-7-16(21)24(27)17-5-4-13(11-23-17)18(22)25/h4-5,11,14-16,26-27H,6-10,12H2,1-3H3,(H2,22,25). The molecule has 6 heteroatoms. The number of anilines is 1. The number of nitrogens with two attached hydrogens (primary N) is 1. The number of primary amides is 1. The Labute approximate surface area is 160 Å². The van der Waals surface area contributed by atoms with Crippen LogP contribution < -0.4 is 10.8 Å². The van der Waals surface area contributed by atoms with Crippen molar-refractivity contribution in [2.24, 2.45) is 28.4 Å². The molecule has 3 fully saturated rings. The number of carbonyl (C=O) groups is 1. The first kappa shape index (κ1) is 18.7. The van der Waals surface area contributed by atoms with Crippen LogP contribution in [0.1, 0.15) is 69.7 Å². The Kier molecular flexibility index (Phi) is 4.10. The molecule has 3 saturated carbocycles. The summed E-state index contributed by atoms with van der Waals surface area (Å²) in [6.07, 6.45) is 6.75. The lowest BCUT2D eigenvalue weighted by Crippen LogP contribution is -2.59. The van der Waals surface area contributed by atoms with Crippen LogP contribution in [0.15, 0.2) is 18.3 Å². The van der Waals surface area contributed by atoms with E-state index in [0.29, 0.717) is 35.1 Å². The Morgan fingerprint density at radius 1 is 1.22 bits per heavy atom. The molecule has 0 aliphatic heterocycles. The maximum absolute atomic E-state index is 11.6. The maximum atomic E-state index is 11.6. The topological polar surface area (TPSA) is 99.7 Å². The van der Waals surface area contributed by atoms with Gasteiger partial charge in [0.25, 0.3) is 0 Å². The van der Waals surface area contributed by atoms with Gasteiger partial charge in [-0.3, -0.25) is 10.0 Å². The van der Waals surface area contributed by atoms with Gasteiger partial charge in [-0.2, -0.15) is 0 Å². The van der Waals surface area contributed by atoms with Gasteiger partial charge in [-0.25, -0.2) is 10.0 Å². The average Bonchev–Trinajstić information content (AvgIpc) is 2.66. The van der Waals surface area contributed by atoms with E-state index in [4.69, 9.17) is 5.73 Å². The Morgan fingerprint density at radius 3 is 2.56 bits per heavy atom. The smallest absolute Gasteiger partial charge is 0.250 e. The second-order valence-electron chi connectivity index (χ2n) is 10.0. The minimum atomic E-state index is -0.931. The lowest BCUT2D eigenvalue weighted by atomic mass is 9.46. The van der Waals surface area contributed by atoms with Gasteiger partial charge >= 0.3 is 0 Å². The zero-order valence-corrected chi connectivity index (χ0v) is 16.5. The van der Waals surface area contributed by atoms with Crippen LogP contribution in [0.25, 0.3) is 0 Å². The molecule has 1 aromatic rings. The monoisotopic (exact) mass is 373 g/mol. The van der Waals surface area contributed by atoms with Crippen molar-refractivity contribution < 1.29 is 15.1 Å². The summed E-state index contributed by atoms with van der Waals surface area (Å²) in [6.45, 7) is 7.02. The molecule has 27 heavy (non-hydrogen) atoms. The third kappa shape index (κ3) is 2.85. The molecule has 148 valence electrons. The Bertz CT molecular complexity index is 750. The second kappa shape index (κ2) is 5.92. The Hall–Kier alpha value is -1.66. The molecule has 3 aliphatic rings. The normalized spacial score (nSPS) is 39.7. The molecule has 4 rings (SSSR count). The van der Waals surface area contributed by atoms with E-state index in [9.17, 15) is 15.1 Å². The molecular weight excluding hydrogens is 342 g/mol. The highest BCUT2D eigenvalue weighted by Crippen LogP contribution is 2.66. The second-order valence-corrected chi connectivity index (χ2v) is 10.0. The number of hydrogen-bond donors (Lipinski definition) is 3.